The van der Waals surface area contributed by atoms with Gasteiger partial charge in [-0.2, -0.15) is 5.10 Å². The molecule has 0 atom stereocenters. The van der Waals surface area contributed by atoms with Crippen LogP contribution in [0.4, 0.5) is 0 Å². The zero-order chi connectivity index (χ0) is 26.0. The van der Waals surface area contributed by atoms with Gasteiger partial charge in [0.05, 0.1) is 5.69 Å². The Morgan fingerprint density at radius 3 is 1.82 bits per heavy atom. The number of hydrogen-bond acceptors (Lipinski definition) is 5. The van der Waals surface area contributed by atoms with E-state index in [4.69, 9.17) is 15.1 Å². The van der Waals surface area contributed by atoms with Gasteiger partial charge in [0.25, 0.3) is 0 Å². The molecule has 3 aromatic heterocycles. The summed E-state index contributed by atoms with van der Waals surface area (Å²) in [6, 6.07) is 35.7. The summed E-state index contributed by atoms with van der Waals surface area (Å²) in [5, 5.41) is 7.08. The lowest BCUT2D eigenvalue weighted by Gasteiger charge is -2.36. The van der Waals surface area contributed by atoms with Crippen LogP contribution < -0.4 is 0 Å². The lowest BCUT2D eigenvalue weighted by molar-refractivity contribution is 0.473. The van der Waals surface area contributed by atoms with E-state index in [1.54, 1.807) is 0 Å². The second kappa shape index (κ2) is 10.2. The van der Waals surface area contributed by atoms with Gasteiger partial charge in [-0.05, 0) is 47.1 Å². The van der Waals surface area contributed by atoms with Crippen LogP contribution in [0.5, 0.6) is 0 Å². The second-order valence-electron chi connectivity index (χ2n) is 9.03. The maximum absolute atomic E-state index is 5.40. The maximum atomic E-state index is 5.40. The molecule has 0 N–H and O–H groups in total. The van der Waals surface area contributed by atoms with Crippen molar-refractivity contribution in [3.8, 4) is 11.4 Å². The minimum atomic E-state index is -0.767. The standard InChI is InChI=1S/C32H27N5S/c1-3-23-22-34-31(38-2)35-28(23)29-27-20-13-21-33-30(27)37(36-29)32(24-14-7-4-8-15-24,25-16-9-5-10-17-25)26-18-11-6-12-19-26/h4-22H,3H2,1-2H3. The molecule has 0 radical (unpaired) electrons. The minimum Gasteiger partial charge on any atom is -0.237 e. The Bertz CT molecular complexity index is 1590. The molecule has 38 heavy (non-hydrogen) atoms. The number of rotatable bonds is 7. The molecule has 0 amide bonds. The fourth-order valence-corrected chi connectivity index (χ4v) is 5.56. The highest BCUT2D eigenvalue weighted by molar-refractivity contribution is 7.98. The van der Waals surface area contributed by atoms with E-state index in [1.807, 2.05) is 42.9 Å². The van der Waals surface area contributed by atoms with E-state index in [0.29, 0.717) is 0 Å². The van der Waals surface area contributed by atoms with Gasteiger partial charge in [-0.15, -0.1) is 0 Å². The Labute approximate surface area is 226 Å². The fourth-order valence-electron chi connectivity index (χ4n) is 5.22. The van der Waals surface area contributed by atoms with Crippen molar-refractivity contribution >= 4 is 22.8 Å². The molecule has 3 heterocycles. The van der Waals surface area contributed by atoms with E-state index in [-0.39, 0.29) is 0 Å². The molecule has 0 aliphatic rings. The molecule has 186 valence electrons. The average Bonchev–Trinajstić information content (AvgIpc) is 3.39. The largest absolute Gasteiger partial charge is 0.237 e. The molecule has 0 bridgehead atoms. The van der Waals surface area contributed by atoms with E-state index in [1.165, 1.54) is 11.8 Å². The van der Waals surface area contributed by atoms with Gasteiger partial charge < -0.3 is 0 Å². The smallest absolute Gasteiger partial charge is 0.187 e. The van der Waals surface area contributed by atoms with Gasteiger partial charge in [-0.3, -0.25) is 0 Å². The molecule has 0 aliphatic heterocycles. The number of pyridine rings is 1. The molecular formula is C32H27N5S. The highest BCUT2D eigenvalue weighted by atomic mass is 32.2. The lowest BCUT2D eigenvalue weighted by Crippen LogP contribution is -2.38. The third kappa shape index (κ3) is 3.89. The molecule has 0 aliphatic carbocycles. The number of aryl methyl sites for hydroxylation is 1. The van der Waals surface area contributed by atoms with Crippen LogP contribution in [0.15, 0.2) is 121 Å². The molecule has 0 fully saturated rings. The first-order valence-electron chi connectivity index (χ1n) is 12.7. The van der Waals surface area contributed by atoms with Crippen LogP contribution in [0.2, 0.25) is 0 Å². The zero-order valence-corrected chi connectivity index (χ0v) is 22.1. The van der Waals surface area contributed by atoms with Gasteiger partial charge in [-0.1, -0.05) is 110 Å². The highest BCUT2D eigenvalue weighted by Gasteiger charge is 2.41. The van der Waals surface area contributed by atoms with Crippen LogP contribution in [-0.4, -0.2) is 31.0 Å². The molecule has 5 nitrogen and oxygen atoms in total. The third-order valence-corrected chi connectivity index (χ3v) is 7.53. The number of hydrogen-bond donors (Lipinski definition) is 0. The van der Waals surface area contributed by atoms with E-state index in [2.05, 4.69) is 95.5 Å². The molecule has 6 heteroatoms. The van der Waals surface area contributed by atoms with Crippen LogP contribution in [0.1, 0.15) is 29.2 Å². The summed E-state index contributed by atoms with van der Waals surface area (Å²) in [5.74, 6) is 0. The molecule has 0 spiro atoms. The van der Waals surface area contributed by atoms with Crippen LogP contribution in [0.3, 0.4) is 0 Å². The summed E-state index contributed by atoms with van der Waals surface area (Å²) >= 11 is 1.53. The van der Waals surface area contributed by atoms with Crippen molar-refractivity contribution in [2.45, 2.75) is 24.0 Å². The predicted octanol–water partition coefficient (Wildman–Crippen LogP) is 7.01. The molecule has 6 rings (SSSR count). The summed E-state index contributed by atoms with van der Waals surface area (Å²) in [5.41, 5.74) is 6.05. The van der Waals surface area contributed by atoms with Crippen molar-refractivity contribution in [3.63, 3.8) is 0 Å². The third-order valence-electron chi connectivity index (χ3n) is 6.97. The van der Waals surface area contributed by atoms with Crippen LogP contribution in [-0.2, 0) is 12.0 Å². The Kier molecular flexibility index (Phi) is 6.48. The first-order valence-corrected chi connectivity index (χ1v) is 13.9. The van der Waals surface area contributed by atoms with Crippen LogP contribution >= 0.6 is 11.8 Å². The predicted molar refractivity (Wildman–Crippen MR) is 154 cm³/mol. The molecule has 0 saturated heterocycles. The molecule has 0 unspecified atom stereocenters. The van der Waals surface area contributed by atoms with Crippen molar-refractivity contribution < 1.29 is 0 Å². The fraction of sp³-hybridized carbons (Fsp3) is 0.125. The van der Waals surface area contributed by atoms with Gasteiger partial charge in [-0.25, -0.2) is 19.6 Å². The van der Waals surface area contributed by atoms with Crippen molar-refractivity contribution in [1.82, 2.24) is 24.7 Å². The van der Waals surface area contributed by atoms with E-state index >= 15 is 0 Å². The Hall–Kier alpha value is -4.29. The summed E-state index contributed by atoms with van der Waals surface area (Å²) in [6.45, 7) is 2.13. The number of fused-ring (bicyclic) bond motifs is 1. The van der Waals surface area contributed by atoms with Crippen molar-refractivity contribution in [2.24, 2.45) is 0 Å². The summed E-state index contributed by atoms with van der Waals surface area (Å²) in [6.07, 6.45) is 6.56. The summed E-state index contributed by atoms with van der Waals surface area (Å²) in [7, 11) is 0. The molecule has 0 saturated carbocycles. The Balaban J connectivity index is 1.78. The van der Waals surface area contributed by atoms with Gasteiger partial charge in [0.2, 0.25) is 0 Å². The van der Waals surface area contributed by atoms with Gasteiger partial charge in [0.15, 0.2) is 10.8 Å². The Morgan fingerprint density at radius 2 is 1.29 bits per heavy atom. The quantitative estimate of drug-likeness (QED) is 0.131. The van der Waals surface area contributed by atoms with E-state index < -0.39 is 5.54 Å². The first kappa shape index (κ1) is 24.1. The molecular weight excluding hydrogens is 486 g/mol. The Morgan fingerprint density at radius 1 is 0.711 bits per heavy atom. The number of benzene rings is 3. The topological polar surface area (TPSA) is 56.5 Å². The first-order chi connectivity index (χ1) is 18.8. The number of nitrogens with zero attached hydrogens (tertiary/aromatic N) is 5. The van der Waals surface area contributed by atoms with Crippen molar-refractivity contribution in [3.05, 3.63) is 138 Å². The SMILES string of the molecule is CCc1cnc(SC)nc1-c1nn(C(c2ccccc2)(c2ccccc2)c2ccccc2)c2ncccc12. The van der Waals surface area contributed by atoms with Gasteiger partial charge >= 0.3 is 0 Å². The maximum Gasteiger partial charge on any atom is 0.187 e. The minimum absolute atomic E-state index is 0.726. The number of aromatic nitrogens is 5. The normalized spacial score (nSPS) is 11.6. The van der Waals surface area contributed by atoms with Crippen molar-refractivity contribution in [2.75, 3.05) is 6.26 Å². The van der Waals surface area contributed by atoms with E-state index in [9.17, 15) is 0 Å². The van der Waals surface area contributed by atoms with Crippen LogP contribution in [0, 0.1) is 0 Å². The van der Waals surface area contributed by atoms with Gasteiger partial charge in [0.1, 0.15) is 11.2 Å². The van der Waals surface area contributed by atoms with E-state index in [0.717, 1.165) is 56.3 Å². The second-order valence-corrected chi connectivity index (χ2v) is 9.80. The lowest BCUT2D eigenvalue weighted by atomic mass is 9.77. The van der Waals surface area contributed by atoms with Crippen LogP contribution in [0.25, 0.3) is 22.4 Å². The highest BCUT2D eigenvalue weighted by Crippen LogP contribution is 2.43. The summed E-state index contributed by atoms with van der Waals surface area (Å²) < 4.78 is 2.10. The zero-order valence-electron chi connectivity index (χ0n) is 21.3. The monoisotopic (exact) mass is 513 g/mol. The average molecular weight is 514 g/mol. The molecule has 3 aromatic carbocycles. The van der Waals surface area contributed by atoms with Gasteiger partial charge in [0, 0.05) is 17.8 Å². The van der Waals surface area contributed by atoms with Crippen molar-refractivity contribution in [1.29, 1.82) is 0 Å². The molecule has 6 aromatic rings. The number of thioether (sulfide) groups is 1. The summed E-state index contributed by atoms with van der Waals surface area (Å²) in [4.78, 5) is 14.4.